The second kappa shape index (κ2) is 7.69. The zero-order valence-corrected chi connectivity index (χ0v) is 13.5. The molecule has 0 amide bonds. The summed E-state index contributed by atoms with van der Waals surface area (Å²) in [5.74, 6) is 0. The molecule has 1 aromatic rings. The number of non-ortho nitro benzene ring substituents is 1. The predicted octanol–water partition coefficient (Wildman–Crippen LogP) is 1.81. The van der Waals surface area contributed by atoms with E-state index in [1.165, 1.54) is 12.1 Å². The van der Waals surface area contributed by atoms with Crippen LogP contribution in [0.25, 0.3) is 0 Å². The first-order valence-electron chi connectivity index (χ1n) is 6.27. The molecule has 0 radical (unpaired) electrons. The van der Waals surface area contributed by atoms with Crippen molar-refractivity contribution in [3.8, 4) is 0 Å². The minimum atomic E-state index is -3.71. The molecule has 0 aromatic heterocycles. The minimum absolute atomic E-state index is 0. The molecule has 1 aromatic carbocycles. The average Bonchev–Trinajstić information content (AvgIpc) is 2.45. The van der Waals surface area contributed by atoms with E-state index in [2.05, 4.69) is 4.72 Å². The van der Waals surface area contributed by atoms with Crippen LogP contribution >= 0.6 is 12.4 Å². The van der Waals surface area contributed by atoms with E-state index in [0.29, 0.717) is 12.8 Å². The van der Waals surface area contributed by atoms with Crippen LogP contribution in [0.1, 0.15) is 26.7 Å². The lowest BCUT2D eigenvalue weighted by molar-refractivity contribution is -0.384. The van der Waals surface area contributed by atoms with Gasteiger partial charge in [0, 0.05) is 24.2 Å². The quantitative estimate of drug-likeness (QED) is 0.581. The Hall–Kier alpha value is -1.22. The zero-order chi connectivity index (χ0) is 15.4. The van der Waals surface area contributed by atoms with Crippen molar-refractivity contribution in [3.05, 3.63) is 34.4 Å². The van der Waals surface area contributed by atoms with Gasteiger partial charge in [0.2, 0.25) is 10.0 Å². The summed E-state index contributed by atoms with van der Waals surface area (Å²) in [5, 5.41) is 10.5. The first-order valence-corrected chi connectivity index (χ1v) is 7.75. The van der Waals surface area contributed by atoms with Crippen LogP contribution in [0.5, 0.6) is 0 Å². The number of nitro groups is 1. The third kappa shape index (κ3) is 5.24. The SMILES string of the molecule is CCC(N)(CC)CNS(=O)(=O)c1ccc([N+](=O)[O-])cc1.Cl. The van der Waals surface area contributed by atoms with Crippen LogP contribution in [0.4, 0.5) is 5.69 Å². The summed E-state index contributed by atoms with van der Waals surface area (Å²) in [5.41, 5.74) is 5.29. The maximum atomic E-state index is 12.1. The van der Waals surface area contributed by atoms with Crippen LogP contribution in [0, 0.1) is 10.1 Å². The third-order valence-corrected chi connectivity index (χ3v) is 4.80. The van der Waals surface area contributed by atoms with Gasteiger partial charge < -0.3 is 5.73 Å². The molecular weight excluding hydrogens is 318 g/mol. The van der Waals surface area contributed by atoms with E-state index in [1.807, 2.05) is 13.8 Å². The Morgan fingerprint density at radius 3 is 2.10 bits per heavy atom. The molecule has 21 heavy (non-hydrogen) atoms. The fourth-order valence-electron chi connectivity index (χ4n) is 1.57. The van der Waals surface area contributed by atoms with Gasteiger partial charge in [0.05, 0.1) is 9.82 Å². The van der Waals surface area contributed by atoms with Crippen LogP contribution in [-0.4, -0.2) is 25.4 Å². The highest BCUT2D eigenvalue weighted by molar-refractivity contribution is 7.89. The Morgan fingerprint density at radius 1 is 1.24 bits per heavy atom. The van der Waals surface area contributed by atoms with E-state index in [9.17, 15) is 18.5 Å². The molecule has 0 atom stereocenters. The van der Waals surface area contributed by atoms with Gasteiger partial charge >= 0.3 is 0 Å². The lowest BCUT2D eigenvalue weighted by Gasteiger charge is -2.26. The number of sulfonamides is 1. The van der Waals surface area contributed by atoms with Crippen molar-refractivity contribution in [1.29, 1.82) is 0 Å². The summed E-state index contributed by atoms with van der Waals surface area (Å²) in [6.07, 6.45) is 1.29. The Labute approximate surface area is 130 Å². The molecule has 0 fully saturated rings. The molecule has 0 spiro atoms. The number of nitro benzene ring substituents is 1. The zero-order valence-electron chi connectivity index (χ0n) is 11.9. The summed E-state index contributed by atoms with van der Waals surface area (Å²) in [6, 6.07) is 4.72. The molecule has 7 nitrogen and oxygen atoms in total. The van der Waals surface area contributed by atoms with Crippen molar-refractivity contribution < 1.29 is 13.3 Å². The molecular formula is C12H20ClN3O4S. The Balaban J connectivity index is 0.00000400. The summed E-state index contributed by atoms with van der Waals surface area (Å²) >= 11 is 0. The molecule has 3 N–H and O–H groups in total. The number of halogens is 1. The molecule has 0 aliphatic carbocycles. The Bertz CT molecular complexity index is 571. The first-order chi connectivity index (χ1) is 9.24. The van der Waals surface area contributed by atoms with Gasteiger partial charge in [0.1, 0.15) is 0 Å². The van der Waals surface area contributed by atoms with E-state index >= 15 is 0 Å². The number of benzene rings is 1. The number of hydrogen-bond acceptors (Lipinski definition) is 5. The minimum Gasteiger partial charge on any atom is -0.324 e. The van der Waals surface area contributed by atoms with Crippen molar-refractivity contribution in [2.75, 3.05) is 6.54 Å². The van der Waals surface area contributed by atoms with Crippen molar-refractivity contribution >= 4 is 28.1 Å². The van der Waals surface area contributed by atoms with E-state index < -0.39 is 20.5 Å². The number of nitrogens with two attached hydrogens (primary N) is 1. The molecule has 0 aliphatic heterocycles. The lowest BCUT2D eigenvalue weighted by atomic mass is 9.95. The van der Waals surface area contributed by atoms with Crippen LogP contribution in [0.2, 0.25) is 0 Å². The summed E-state index contributed by atoms with van der Waals surface area (Å²) in [4.78, 5) is 9.92. The second-order valence-electron chi connectivity index (χ2n) is 4.65. The predicted molar refractivity (Wildman–Crippen MR) is 83.0 cm³/mol. The van der Waals surface area contributed by atoms with E-state index in [0.717, 1.165) is 12.1 Å². The molecule has 0 saturated heterocycles. The highest BCUT2D eigenvalue weighted by Crippen LogP contribution is 2.17. The van der Waals surface area contributed by atoms with Gasteiger partial charge in [-0.05, 0) is 25.0 Å². The monoisotopic (exact) mass is 337 g/mol. The number of nitrogens with zero attached hydrogens (tertiary/aromatic N) is 1. The Kier molecular flexibility index (Phi) is 7.25. The van der Waals surface area contributed by atoms with Crippen molar-refractivity contribution in [2.45, 2.75) is 37.1 Å². The normalized spacial score (nSPS) is 11.8. The van der Waals surface area contributed by atoms with Crippen LogP contribution < -0.4 is 10.5 Å². The van der Waals surface area contributed by atoms with E-state index in [4.69, 9.17) is 5.73 Å². The van der Waals surface area contributed by atoms with Crippen LogP contribution in [0.15, 0.2) is 29.2 Å². The number of hydrogen-bond donors (Lipinski definition) is 2. The molecule has 1 rings (SSSR count). The Morgan fingerprint density at radius 2 is 1.71 bits per heavy atom. The number of rotatable bonds is 7. The number of nitrogens with one attached hydrogen (secondary N) is 1. The van der Waals surface area contributed by atoms with Gasteiger partial charge in [-0.25, -0.2) is 13.1 Å². The highest BCUT2D eigenvalue weighted by atomic mass is 35.5. The molecule has 120 valence electrons. The topological polar surface area (TPSA) is 115 Å². The van der Waals surface area contributed by atoms with Crippen molar-refractivity contribution in [3.63, 3.8) is 0 Å². The molecule has 0 bridgehead atoms. The molecule has 0 heterocycles. The molecule has 9 heteroatoms. The van der Waals surface area contributed by atoms with Gasteiger partial charge in [-0.2, -0.15) is 0 Å². The van der Waals surface area contributed by atoms with Gasteiger partial charge in [0.15, 0.2) is 0 Å². The van der Waals surface area contributed by atoms with Crippen molar-refractivity contribution in [2.24, 2.45) is 5.73 Å². The fourth-order valence-corrected chi connectivity index (χ4v) is 2.71. The van der Waals surface area contributed by atoms with Crippen molar-refractivity contribution in [1.82, 2.24) is 4.72 Å². The highest BCUT2D eigenvalue weighted by Gasteiger charge is 2.24. The maximum absolute atomic E-state index is 12.1. The largest absolute Gasteiger partial charge is 0.324 e. The smallest absolute Gasteiger partial charge is 0.269 e. The second-order valence-corrected chi connectivity index (χ2v) is 6.41. The maximum Gasteiger partial charge on any atom is 0.269 e. The van der Waals surface area contributed by atoms with Crippen LogP contribution in [-0.2, 0) is 10.0 Å². The first kappa shape index (κ1) is 19.8. The average molecular weight is 338 g/mol. The van der Waals surface area contributed by atoms with Gasteiger partial charge in [0.25, 0.3) is 5.69 Å². The van der Waals surface area contributed by atoms with E-state index in [-0.39, 0.29) is 29.5 Å². The van der Waals surface area contributed by atoms with Gasteiger partial charge in [-0.3, -0.25) is 10.1 Å². The lowest BCUT2D eigenvalue weighted by Crippen LogP contribution is -2.49. The van der Waals surface area contributed by atoms with E-state index in [1.54, 1.807) is 0 Å². The van der Waals surface area contributed by atoms with Crippen LogP contribution in [0.3, 0.4) is 0 Å². The third-order valence-electron chi connectivity index (χ3n) is 3.38. The standard InChI is InChI=1S/C12H19N3O4S.ClH/c1-3-12(13,4-2)9-14-20(18,19)11-7-5-10(6-8-11)15(16)17;/h5-8,14H,3-4,9,13H2,1-2H3;1H. The molecule has 0 unspecified atom stereocenters. The van der Waals surface area contributed by atoms with Gasteiger partial charge in [-0.1, -0.05) is 13.8 Å². The molecule has 0 saturated carbocycles. The summed E-state index contributed by atoms with van der Waals surface area (Å²) in [7, 11) is -3.71. The van der Waals surface area contributed by atoms with Gasteiger partial charge in [-0.15, -0.1) is 12.4 Å². The fraction of sp³-hybridized carbons (Fsp3) is 0.500. The summed E-state index contributed by atoms with van der Waals surface area (Å²) in [6.45, 7) is 3.91. The summed E-state index contributed by atoms with van der Waals surface area (Å²) < 4.78 is 26.6. The molecule has 0 aliphatic rings.